The van der Waals surface area contributed by atoms with Gasteiger partial charge in [-0.25, -0.2) is 0 Å². The molecule has 0 aromatic heterocycles. The molecule has 0 spiro atoms. The number of aryl methyl sites for hydroxylation is 1. The highest BCUT2D eigenvalue weighted by Crippen LogP contribution is 2.66. The molecule has 4 bridgehead atoms. The Hall–Kier alpha value is -1.06. The van der Waals surface area contributed by atoms with Gasteiger partial charge < -0.3 is 10.6 Å². The maximum Gasteiger partial charge on any atom is 0.228 e. The van der Waals surface area contributed by atoms with E-state index in [-0.39, 0.29) is 34.7 Å². The molecule has 2 N–H and O–H groups in total. The molecule has 1 aromatic rings. The van der Waals surface area contributed by atoms with E-state index in [9.17, 15) is 4.79 Å². The van der Waals surface area contributed by atoms with Crippen molar-refractivity contribution in [1.82, 2.24) is 4.90 Å². The zero-order valence-corrected chi connectivity index (χ0v) is 19.1. The van der Waals surface area contributed by atoms with Crippen molar-refractivity contribution in [2.45, 2.75) is 77.2 Å². The second kappa shape index (κ2) is 6.99. The monoisotopic (exact) mass is 416 g/mol. The third-order valence-electron chi connectivity index (χ3n) is 8.78. The van der Waals surface area contributed by atoms with Crippen LogP contribution in [0, 0.1) is 29.6 Å². The topological polar surface area (TPSA) is 46.3 Å². The average Bonchev–Trinajstić information content (AvgIpc) is 2.62. The highest BCUT2D eigenvalue weighted by Gasteiger charge is 2.61. The Kier molecular flexibility index (Phi) is 5.10. The maximum absolute atomic E-state index is 14.0. The van der Waals surface area contributed by atoms with Crippen molar-refractivity contribution in [3.63, 3.8) is 0 Å². The van der Waals surface area contributed by atoms with E-state index in [1.54, 1.807) is 0 Å². The van der Waals surface area contributed by atoms with E-state index >= 15 is 0 Å². The molecule has 3 unspecified atom stereocenters. The van der Waals surface area contributed by atoms with E-state index in [0.717, 1.165) is 50.6 Å². The summed E-state index contributed by atoms with van der Waals surface area (Å²) in [5.41, 5.74) is 9.30. The summed E-state index contributed by atoms with van der Waals surface area (Å²) in [6.45, 7) is 8.28. The number of carbonyl (C=O) groups excluding carboxylic acids is 1. The van der Waals surface area contributed by atoms with Crippen LogP contribution in [-0.2, 0) is 10.2 Å². The van der Waals surface area contributed by atoms with Gasteiger partial charge in [-0.15, -0.1) is 12.4 Å². The lowest BCUT2D eigenvalue weighted by molar-refractivity contribution is -0.163. The Balaban J connectivity index is 0.00000205. The van der Waals surface area contributed by atoms with Crippen LogP contribution in [0.5, 0.6) is 0 Å². The molecule has 29 heavy (non-hydrogen) atoms. The Bertz CT molecular complexity index is 773. The lowest BCUT2D eigenvalue weighted by Gasteiger charge is -2.62. The first-order chi connectivity index (χ1) is 13.2. The third kappa shape index (κ3) is 3.33. The van der Waals surface area contributed by atoms with Gasteiger partial charge in [-0.1, -0.05) is 43.7 Å². The fraction of sp³-hybridized carbons (Fsp3) is 0.720. The van der Waals surface area contributed by atoms with E-state index in [4.69, 9.17) is 5.73 Å². The van der Waals surface area contributed by atoms with Gasteiger partial charge in [0.15, 0.2) is 0 Å². The molecule has 4 heteroatoms. The van der Waals surface area contributed by atoms with Gasteiger partial charge in [0, 0.05) is 19.1 Å². The average molecular weight is 417 g/mol. The number of piperidine rings is 1. The number of amides is 1. The van der Waals surface area contributed by atoms with Crippen molar-refractivity contribution in [2.24, 2.45) is 28.4 Å². The van der Waals surface area contributed by atoms with Gasteiger partial charge in [-0.2, -0.15) is 0 Å². The Morgan fingerprint density at radius 2 is 1.69 bits per heavy atom. The second-order valence-electron chi connectivity index (χ2n) is 11.5. The van der Waals surface area contributed by atoms with Crippen LogP contribution >= 0.6 is 12.4 Å². The number of hydrogen-bond acceptors (Lipinski definition) is 2. The first-order valence-electron chi connectivity index (χ1n) is 11.3. The fourth-order valence-electron chi connectivity index (χ4n) is 7.64. The molecule has 6 rings (SSSR count). The summed E-state index contributed by atoms with van der Waals surface area (Å²) in [5.74, 6) is 1.91. The molecule has 4 saturated carbocycles. The molecule has 3 nitrogen and oxygen atoms in total. The lowest BCUT2D eigenvalue weighted by Crippen LogP contribution is -2.62. The fourth-order valence-corrected chi connectivity index (χ4v) is 7.64. The third-order valence-corrected chi connectivity index (χ3v) is 8.78. The van der Waals surface area contributed by atoms with Crippen LogP contribution in [0.25, 0.3) is 0 Å². The Morgan fingerprint density at radius 3 is 2.28 bits per heavy atom. The van der Waals surface area contributed by atoms with Crippen LogP contribution in [0.2, 0.25) is 0 Å². The number of hydrogen-bond donors (Lipinski definition) is 1. The smallest absolute Gasteiger partial charge is 0.228 e. The molecule has 3 atom stereocenters. The number of carbonyl (C=O) groups is 1. The number of benzene rings is 1. The first-order valence-corrected chi connectivity index (χ1v) is 11.3. The van der Waals surface area contributed by atoms with Crippen LogP contribution < -0.4 is 5.73 Å². The highest BCUT2D eigenvalue weighted by molar-refractivity contribution is 5.85. The number of rotatable bonds is 2. The molecule has 1 aliphatic heterocycles. The summed E-state index contributed by atoms with van der Waals surface area (Å²) in [4.78, 5) is 16.2. The summed E-state index contributed by atoms with van der Waals surface area (Å²) in [5, 5.41) is 0. The molecule has 5 fully saturated rings. The minimum Gasteiger partial charge on any atom is -0.342 e. The van der Waals surface area contributed by atoms with Crippen LogP contribution in [0.1, 0.15) is 69.9 Å². The molecule has 5 aliphatic rings. The van der Waals surface area contributed by atoms with Crippen LogP contribution in [0.3, 0.4) is 0 Å². The largest absolute Gasteiger partial charge is 0.342 e. The highest BCUT2D eigenvalue weighted by atomic mass is 35.5. The van der Waals surface area contributed by atoms with Gasteiger partial charge in [0.25, 0.3) is 0 Å². The van der Waals surface area contributed by atoms with Gasteiger partial charge in [-0.3, -0.25) is 4.79 Å². The van der Waals surface area contributed by atoms with Gasteiger partial charge in [0.1, 0.15) is 0 Å². The Labute approximate surface area is 182 Å². The SMILES string of the molecule is Cc1ccc(C23CC4CC(CC(C(=O)N5CCC(N)C(C)(C)C5)(C4)C2)C3)cc1.Cl. The zero-order valence-electron chi connectivity index (χ0n) is 18.2. The molecule has 160 valence electrons. The quantitative estimate of drug-likeness (QED) is 0.749. The van der Waals surface area contributed by atoms with Crippen molar-refractivity contribution in [1.29, 1.82) is 0 Å². The summed E-state index contributed by atoms with van der Waals surface area (Å²) >= 11 is 0. The standard InChI is InChI=1S/C25H36N2O.ClH/c1-17-4-6-20(7-5-17)24-11-18-10-19(12-24)14-25(13-18,15-24)22(28)27-9-8-21(26)23(2,3)16-27;/h4-7,18-19,21H,8-16,26H2,1-3H3;1H. The summed E-state index contributed by atoms with van der Waals surface area (Å²) in [7, 11) is 0. The van der Waals surface area contributed by atoms with E-state index in [1.807, 2.05) is 0 Å². The number of nitrogens with two attached hydrogens (primary N) is 1. The van der Waals surface area contributed by atoms with E-state index in [2.05, 4.69) is 49.9 Å². The summed E-state index contributed by atoms with van der Waals surface area (Å²) in [6, 6.07) is 9.42. The van der Waals surface area contributed by atoms with Gasteiger partial charge in [0.05, 0.1) is 5.41 Å². The molecule has 1 amide bonds. The maximum atomic E-state index is 14.0. The molecule has 4 aliphatic carbocycles. The molecule has 1 heterocycles. The van der Waals surface area contributed by atoms with Crippen LogP contribution in [0.4, 0.5) is 0 Å². The number of nitrogens with zero attached hydrogens (tertiary/aromatic N) is 1. The second-order valence-corrected chi connectivity index (χ2v) is 11.5. The summed E-state index contributed by atoms with van der Waals surface area (Å²) in [6.07, 6.45) is 8.18. The van der Waals surface area contributed by atoms with Gasteiger partial charge in [-0.05, 0) is 80.1 Å². The summed E-state index contributed by atoms with van der Waals surface area (Å²) < 4.78 is 0. The number of likely N-dealkylation sites (tertiary alicyclic amines) is 1. The molecular weight excluding hydrogens is 380 g/mol. The molecule has 0 radical (unpaired) electrons. The van der Waals surface area contributed by atoms with Gasteiger partial charge >= 0.3 is 0 Å². The van der Waals surface area contributed by atoms with E-state index < -0.39 is 0 Å². The zero-order chi connectivity index (χ0) is 19.7. The predicted octanol–water partition coefficient (Wildman–Crippen LogP) is 4.84. The van der Waals surface area contributed by atoms with Crippen molar-refractivity contribution in [2.75, 3.05) is 13.1 Å². The predicted molar refractivity (Wildman–Crippen MR) is 120 cm³/mol. The number of halogens is 1. The van der Waals surface area contributed by atoms with Crippen LogP contribution in [0.15, 0.2) is 24.3 Å². The minimum absolute atomic E-state index is 0. The molecular formula is C25H37ClN2O. The lowest BCUT2D eigenvalue weighted by atomic mass is 9.42. The van der Waals surface area contributed by atoms with Crippen molar-refractivity contribution in [3.05, 3.63) is 35.4 Å². The van der Waals surface area contributed by atoms with E-state index in [1.165, 1.54) is 30.4 Å². The Morgan fingerprint density at radius 1 is 1.07 bits per heavy atom. The molecule has 1 aromatic carbocycles. The minimum atomic E-state index is -0.119. The molecule has 1 saturated heterocycles. The normalized spacial score (nSPS) is 39.9. The van der Waals surface area contributed by atoms with E-state index in [0.29, 0.717) is 5.91 Å². The van der Waals surface area contributed by atoms with Crippen molar-refractivity contribution < 1.29 is 4.79 Å². The van der Waals surface area contributed by atoms with Crippen LogP contribution in [-0.4, -0.2) is 29.9 Å². The first kappa shape index (κ1) is 21.2. The van der Waals surface area contributed by atoms with Crippen molar-refractivity contribution in [3.8, 4) is 0 Å². The van der Waals surface area contributed by atoms with Crippen molar-refractivity contribution >= 4 is 18.3 Å². The van der Waals surface area contributed by atoms with Gasteiger partial charge in [0.2, 0.25) is 5.91 Å².